The van der Waals surface area contributed by atoms with E-state index in [2.05, 4.69) is 28.7 Å². The third kappa shape index (κ3) is 3.52. The van der Waals surface area contributed by atoms with Crippen LogP contribution in [0.2, 0.25) is 0 Å². The number of carbonyl (C=O) groups excluding carboxylic acids is 1. The Kier molecular flexibility index (Phi) is 4.89. The first-order chi connectivity index (χ1) is 13.3. The standard InChI is InChI=1S/C22H29FN4O/c1-16-10-13-25(24-16)14-11-21(28)26-12-4-5-19-20(26)15-22(2,3)27(19)18-8-6-17(23)7-9-18/h6-10,13,19-20H,4-5,11-12,14-15H2,1-3H3/t19-,20-/m0/s1. The number of hydrogen-bond donors (Lipinski definition) is 0. The van der Waals surface area contributed by atoms with Gasteiger partial charge in [-0.2, -0.15) is 5.10 Å². The number of amides is 1. The largest absolute Gasteiger partial charge is 0.361 e. The van der Waals surface area contributed by atoms with Gasteiger partial charge in [-0.3, -0.25) is 9.48 Å². The minimum atomic E-state index is -0.216. The lowest BCUT2D eigenvalue weighted by molar-refractivity contribution is -0.135. The van der Waals surface area contributed by atoms with E-state index in [9.17, 15) is 9.18 Å². The smallest absolute Gasteiger partial charge is 0.224 e. The van der Waals surface area contributed by atoms with E-state index in [1.165, 1.54) is 12.1 Å². The number of piperidine rings is 1. The Balaban J connectivity index is 1.51. The fourth-order valence-corrected chi connectivity index (χ4v) is 5.04. The van der Waals surface area contributed by atoms with E-state index in [0.717, 1.165) is 37.2 Å². The second-order valence-electron chi connectivity index (χ2n) is 8.70. The highest BCUT2D eigenvalue weighted by Crippen LogP contribution is 2.43. The van der Waals surface area contributed by atoms with E-state index in [1.807, 2.05) is 36.0 Å². The predicted octanol–water partition coefficient (Wildman–Crippen LogP) is 3.77. The van der Waals surface area contributed by atoms with Crippen molar-refractivity contribution in [3.63, 3.8) is 0 Å². The van der Waals surface area contributed by atoms with Crippen LogP contribution in [-0.4, -0.2) is 44.8 Å². The summed E-state index contributed by atoms with van der Waals surface area (Å²) in [6.45, 7) is 7.85. The molecule has 2 aliphatic rings. The van der Waals surface area contributed by atoms with Gasteiger partial charge in [0.25, 0.3) is 0 Å². The molecule has 2 fully saturated rings. The summed E-state index contributed by atoms with van der Waals surface area (Å²) in [5.41, 5.74) is 1.94. The number of rotatable bonds is 4. The lowest BCUT2D eigenvalue weighted by atomic mass is 9.94. The van der Waals surface area contributed by atoms with Gasteiger partial charge in [-0.25, -0.2) is 4.39 Å². The molecule has 2 atom stereocenters. The van der Waals surface area contributed by atoms with Crippen molar-refractivity contribution in [1.82, 2.24) is 14.7 Å². The van der Waals surface area contributed by atoms with Gasteiger partial charge in [0.2, 0.25) is 5.91 Å². The molecule has 4 rings (SSSR count). The molecule has 0 unspecified atom stereocenters. The molecular weight excluding hydrogens is 355 g/mol. The van der Waals surface area contributed by atoms with E-state index in [0.29, 0.717) is 13.0 Å². The zero-order chi connectivity index (χ0) is 19.9. The third-order valence-electron chi connectivity index (χ3n) is 6.19. The van der Waals surface area contributed by atoms with Crippen LogP contribution in [0.4, 0.5) is 10.1 Å². The zero-order valence-corrected chi connectivity index (χ0v) is 16.9. The highest BCUT2D eigenvalue weighted by atomic mass is 19.1. The molecule has 1 aromatic carbocycles. The average Bonchev–Trinajstić information content (AvgIpc) is 3.19. The molecule has 0 N–H and O–H groups in total. The van der Waals surface area contributed by atoms with Crippen molar-refractivity contribution >= 4 is 11.6 Å². The molecule has 0 saturated carbocycles. The van der Waals surface area contributed by atoms with Crippen LogP contribution in [0.25, 0.3) is 0 Å². The van der Waals surface area contributed by atoms with E-state index in [1.54, 1.807) is 0 Å². The molecule has 0 radical (unpaired) electrons. The number of aryl methyl sites for hydroxylation is 2. The normalized spacial score (nSPS) is 23.7. The van der Waals surface area contributed by atoms with Crippen LogP contribution in [-0.2, 0) is 11.3 Å². The molecule has 2 aromatic rings. The predicted molar refractivity (Wildman–Crippen MR) is 108 cm³/mol. The number of likely N-dealkylation sites (tertiary alicyclic amines) is 1. The van der Waals surface area contributed by atoms with Gasteiger partial charge in [0.1, 0.15) is 5.82 Å². The highest BCUT2D eigenvalue weighted by molar-refractivity contribution is 5.77. The van der Waals surface area contributed by atoms with Crippen molar-refractivity contribution in [2.24, 2.45) is 0 Å². The van der Waals surface area contributed by atoms with Gasteiger partial charge in [0.15, 0.2) is 0 Å². The number of aromatic nitrogens is 2. The van der Waals surface area contributed by atoms with Crippen LogP contribution in [0.5, 0.6) is 0 Å². The number of nitrogens with zero attached hydrogens (tertiary/aromatic N) is 4. The maximum absolute atomic E-state index is 13.4. The van der Waals surface area contributed by atoms with E-state index in [-0.39, 0.29) is 29.3 Å². The fourth-order valence-electron chi connectivity index (χ4n) is 5.04. The Bertz CT molecular complexity index is 844. The second kappa shape index (κ2) is 7.22. The van der Waals surface area contributed by atoms with Crippen LogP contribution in [0.1, 0.15) is 45.2 Å². The van der Waals surface area contributed by atoms with Crippen molar-refractivity contribution in [1.29, 1.82) is 0 Å². The van der Waals surface area contributed by atoms with Crippen LogP contribution in [0, 0.1) is 12.7 Å². The molecule has 1 amide bonds. The molecule has 5 nitrogen and oxygen atoms in total. The summed E-state index contributed by atoms with van der Waals surface area (Å²) in [4.78, 5) is 17.5. The van der Waals surface area contributed by atoms with Gasteiger partial charge in [-0.1, -0.05) is 0 Å². The molecule has 150 valence electrons. The molecule has 28 heavy (non-hydrogen) atoms. The monoisotopic (exact) mass is 384 g/mol. The number of hydrogen-bond acceptors (Lipinski definition) is 3. The van der Waals surface area contributed by atoms with Gasteiger partial charge in [0, 0.05) is 36.9 Å². The Morgan fingerprint density at radius 2 is 1.96 bits per heavy atom. The molecule has 1 aromatic heterocycles. The average molecular weight is 384 g/mol. The Labute approximate surface area is 166 Å². The maximum atomic E-state index is 13.4. The summed E-state index contributed by atoms with van der Waals surface area (Å²) in [6, 6.07) is 9.22. The topological polar surface area (TPSA) is 41.4 Å². The second-order valence-corrected chi connectivity index (χ2v) is 8.70. The highest BCUT2D eigenvalue weighted by Gasteiger charge is 2.50. The van der Waals surface area contributed by atoms with Crippen molar-refractivity contribution in [2.75, 3.05) is 11.4 Å². The van der Waals surface area contributed by atoms with Gasteiger partial charge in [-0.05, 0) is 70.4 Å². The Morgan fingerprint density at radius 3 is 2.64 bits per heavy atom. The quantitative estimate of drug-likeness (QED) is 0.806. The minimum Gasteiger partial charge on any atom is -0.361 e. The summed E-state index contributed by atoms with van der Waals surface area (Å²) < 4.78 is 15.3. The van der Waals surface area contributed by atoms with Crippen molar-refractivity contribution in [3.05, 3.63) is 48.0 Å². The molecule has 3 heterocycles. The number of benzene rings is 1. The lowest BCUT2D eigenvalue weighted by Gasteiger charge is -2.42. The maximum Gasteiger partial charge on any atom is 0.224 e. The van der Waals surface area contributed by atoms with Crippen LogP contribution in [0.15, 0.2) is 36.5 Å². The summed E-state index contributed by atoms with van der Waals surface area (Å²) in [7, 11) is 0. The van der Waals surface area contributed by atoms with Crippen molar-refractivity contribution < 1.29 is 9.18 Å². The summed E-state index contributed by atoms with van der Waals surface area (Å²) in [5, 5.41) is 4.38. The molecule has 0 bridgehead atoms. The number of halogens is 1. The molecule has 0 spiro atoms. The minimum absolute atomic E-state index is 0.0743. The lowest BCUT2D eigenvalue weighted by Crippen LogP contribution is -2.53. The molecule has 2 aliphatic heterocycles. The third-order valence-corrected chi connectivity index (χ3v) is 6.19. The van der Waals surface area contributed by atoms with E-state index in [4.69, 9.17) is 0 Å². The number of anilines is 1. The van der Waals surface area contributed by atoms with Gasteiger partial charge in [-0.15, -0.1) is 0 Å². The SMILES string of the molecule is Cc1ccn(CCC(=O)N2CCC[C@H]3[C@@H]2CC(C)(C)N3c2ccc(F)cc2)n1. The van der Waals surface area contributed by atoms with E-state index < -0.39 is 0 Å². The Morgan fingerprint density at radius 1 is 1.21 bits per heavy atom. The van der Waals surface area contributed by atoms with E-state index >= 15 is 0 Å². The first-order valence-electron chi connectivity index (χ1n) is 10.2. The number of carbonyl (C=O) groups is 1. The van der Waals surface area contributed by atoms with Crippen LogP contribution < -0.4 is 4.90 Å². The molecule has 2 saturated heterocycles. The van der Waals surface area contributed by atoms with Crippen LogP contribution >= 0.6 is 0 Å². The fraction of sp³-hybridized carbons (Fsp3) is 0.545. The van der Waals surface area contributed by atoms with Crippen molar-refractivity contribution in [3.8, 4) is 0 Å². The Hall–Kier alpha value is -2.37. The number of fused-ring (bicyclic) bond motifs is 1. The zero-order valence-electron chi connectivity index (χ0n) is 16.9. The summed E-state index contributed by atoms with van der Waals surface area (Å²) >= 11 is 0. The first-order valence-corrected chi connectivity index (χ1v) is 10.2. The van der Waals surface area contributed by atoms with Gasteiger partial charge >= 0.3 is 0 Å². The van der Waals surface area contributed by atoms with Crippen molar-refractivity contribution in [2.45, 2.75) is 70.6 Å². The summed E-state index contributed by atoms with van der Waals surface area (Å²) in [5.74, 6) is -0.00813. The van der Waals surface area contributed by atoms with Crippen LogP contribution in [0.3, 0.4) is 0 Å². The molecular formula is C22H29FN4O. The summed E-state index contributed by atoms with van der Waals surface area (Å²) in [6.07, 6.45) is 5.40. The van der Waals surface area contributed by atoms with Gasteiger partial charge in [0.05, 0.1) is 17.8 Å². The molecule has 6 heteroatoms. The molecule has 0 aliphatic carbocycles. The van der Waals surface area contributed by atoms with Gasteiger partial charge < -0.3 is 9.80 Å². The first kappa shape index (κ1) is 19.0.